The molecule has 1 amide bonds. The predicted molar refractivity (Wildman–Crippen MR) is 85.5 cm³/mol. The molecule has 0 aliphatic carbocycles. The number of rotatable bonds is 8. The van der Waals surface area contributed by atoms with Crippen molar-refractivity contribution in [2.24, 2.45) is 0 Å². The summed E-state index contributed by atoms with van der Waals surface area (Å²) in [6.07, 6.45) is 0.781. The van der Waals surface area contributed by atoms with Crippen LogP contribution in [-0.2, 0) is 14.3 Å². The summed E-state index contributed by atoms with van der Waals surface area (Å²) in [7, 11) is 1.56. The van der Waals surface area contributed by atoms with Crippen LogP contribution in [0.5, 0.6) is 5.75 Å². The summed E-state index contributed by atoms with van der Waals surface area (Å²) >= 11 is 11.9. The third-order valence-electron chi connectivity index (χ3n) is 2.81. The third kappa shape index (κ3) is 6.12. The maximum absolute atomic E-state index is 11.8. The number of carbonyl (C=O) groups is 2. The van der Waals surface area contributed by atoms with Crippen molar-refractivity contribution in [2.45, 2.75) is 19.8 Å². The van der Waals surface area contributed by atoms with Crippen molar-refractivity contribution >= 4 is 35.1 Å². The number of benzene rings is 1. The van der Waals surface area contributed by atoms with E-state index >= 15 is 0 Å². The highest BCUT2D eigenvalue weighted by Crippen LogP contribution is 2.31. The standard InChI is InChI=1S/C15H19Cl2NO4/c1-3-21-14(20)10-18(2)13(19)8-5-9-22-12-7-4-6-11(16)15(12)17/h4,6-7H,3,5,8-10H2,1-2H3. The molecule has 0 aliphatic rings. The van der Waals surface area contributed by atoms with Crippen molar-refractivity contribution < 1.29 is 19.1 Å². The molecule has 0 saturated carbocycles. The lowest BCUT2D eigenvalue weighted by atomic mass is 10.3. The fraction of sp³-hybridized carbons (Fsp3) is 0.467. The number of ether oxygens (including phenoxy) is 2. The Labute approximate surface area is 140 Å². The first-order valence-corrected chi connectivity index (χ1v) is 7.67. The summed E-state index contributed by atoms with van der Waals surface area (Å²) in [5.41, 5.74) is 0. The maximum Gasteiger partial charge on any atom is 0.325 e. The molecule has 0 heterocycles. The number of hydrogen-bond acceptors (Lipinski definition) is 4. The number of carbonyl (C=O) groups excluding carboxylic acids is 2. The van der Waals surface area contributed by atoms with E-state index in [0.717, 1.165) is 0 Å². The molecule has 122 valence electrons. The minimum atomic E-state index is -0.416. The van der Waals surface area contributed by atoms with E-state index in [1.165, 1.54) is 4.90 Å². The molecule has 7 heteroatoms. The molecule has 22 heavy (non-hydrogen) atoms. The number of nitrogens with zero attached hydrogens (tertiary/aromatic N) is 1. The van der Waals surface area contributed by atoms with Crippen LogP contribution in [0.3, 0.4) is 0 Å². The van der Waals surface area contributed by atoms with Crippen molar-refractivity contribution in [3.8, 4) is 5.75 Å². The van der Waals surface area contributed by atoms with Crippen LogP contribution in [0.4, 0.5) is 0 Å². The van der Waals surface area contributed by atoms with Crippen LogP contribution in [0.15, 0.2) is 18.2 Å². The Kier molecular flexibility index (Phi) is 8.06. The zero-order valence-corrected chi connectivity index (χ0v) is 14.1. The SMILES string of the molecule is CCOC(=O)CN(C)C(=O)CCCOc1cccc(Cl)c1Cl. The Morgan fingerprint density at radius 1 is 1.27 bits per heavy atom. The molecule has 0 N–H and O–H groups in total. The monoisotopic (exact) mass is 347 g/mol. The number of esters is 1. The molecule has 0 fully saturated rings. The lowest BCUT2D eigenvalue weighted by Crippen LogP contribution is -2.33. The van der Waals surface area contributed by atoms with Gasteiger partial charge in [0.1, 0.15) is 17.3 Å². The van der Waals surface area contributed by atoms with Crippen LogP contribution in [0.1, 0.15) is 19.8 Å². The third-order valence-corrected chi connectivity index (χ3v) is 3.61. The first-order chi connectivity index (χ1) is 10.5. The molecule has 0 radical (unpaired) electrons. The molecular formula is C15H19Cl2NO4. The quantitative estimate of drug-likeness (QED) is 0.535. The Balaban J connectivity index is 2.30. The number of hydrogen-bond donors (Lipinski definition) is 0. The predicted octanol–water partition coefficient (Wildman–Crippen LogP) is 3.17. The largest absolute Gasteiger partial charge is 0.492 e. The molecule has 1 aromatic rings. The topological polar surface area (TPSA) is 55.8 Å². The average molecular weight is 348 g/mol. The minimum Gasteiger partial charge on any atom is -0.492 e. The van der Waals surface area contributed by atoms with E-state index in [4.69, 9.17) is 32.7 Å². The van der Waals surface area contributed by atoms with Crippen molar-refractivity contribution in [3.05, 3.63) is 28.2 Å². The fourth-order valence-corrected chi connectivity index (χ4v) is 2.03. The van der Waals surface area contributed by atoms with E-state index in [2.05, 4.69) is 0 Å². The van der Waals surface area contributed by atoms with E-state index in [0.29, 0.717) is 35.4 Å². The van der Waals surface area contributed by atoms with Gasteiger partial charge in [-0.05, 0) is 25.5 Å². The molecule has 5 nitrogen and oxygen atoms in total. The second-order valence-corrected chi connectivity index (χ2v) is 5.34. The summed E-state index contributed by atoms with van der Waals surface area (Å²) in [5.74, 6) is -0.0735. The van der Waals surface area contributed by atoms with Gasteiger partial charge in [0.05, 0.1) is 18.2 Å². The second kappa shape index (κ2) is 9.54. The van der Waals surface area contributed by atoms with E-state index in [-0.39, 0.29) is 18.9 Å². The molecule has 0 saturated heterocycles. The Bertz CT molecular complexity index is 522. The highest BCUT2D eigenvalue weighted by Gasteiger charge is 2.13. The van der Waals surface area contributed by atoms with Gasteiger partial charge < -0.3 is 14.4 Å². The van der Waals surface area contributed by atoms with Gasteiger partial charge in [-0.3, -0.25) is 9.59 Å². The summed E-state index contributed by atoms with van der Waals surface area (Å²) in [5, 5.41) is 0.777. The smallest absolute Gasteiger partial charge is 0.325 e. The molecule has 0 spiro atoms. The van der Waals surface area contributed by atoms with Crippen molar-refractivity contribution in [3.63, 3.8) is 0 Å². The molecular weight excluding hydrogens is 329 g/mol. The van der Waals surface area contributed by atoms with Crippen LogP contribution in [0.2, 0.25) is 10.0 Å². The Morgan fingerprint density at radius 3 is 2.68 bits per heavy atom. The van der Waals surface area contributed by atoms with Crippen LogP contribution in [0.25, 0.3) is 0 Å². The average Bonchev–Trinajstić information content (AvgIpc) is 2.47. The Morgan fingerprint density at radius 2 is 2.00 bits per heavy atom. The van der Waals surface area contributed by atoms with E-state index in [1.807, 2.05) is 0 Å². The van der Waals surface area contributed by atoms with Crippen LogP contribution in [0, 0.1) is 0 Å². The molecule has 0 atom stereocenters. The maximum atomic E-state index is 11.8. The van der Waals surface area contributed by atoms with Gasteiger partial charge >= 0.3 is 5.97 Å². The van der Waals surface area contributed by atoms with Gasteiger partial charge in [-0.15, -0.1) is 0 Å². The second-order valence-electron chi connectivity index (χ2n) is 4.56. The van der Waals surface area contributed by atoms with Gasteiger partial charge in [-0.2, -0.15) is 0 Å². The summed E-state index contributed by atoms with van der Waals surface area (Å²) < 4.78 is 10.3. The van der Waals surface area contributed by atoms with Gasteiger partial charge in [0.2, 0.25) is 5.91 Å². The molecule has 0 aromatic heterocycles. The lowest BCUT2D eigenvalue weighted by molar-refractivity contribution is -0.148. The summed E-state index contributed by atoms with van der Waals surface area (Å²) in [4.78, 5) is 24.4. The lowest BCUT2D eigenvalue weighted by Gasteiger charge is -2.16. The minimum absolute atomic E-state index is 0.0480. The molecule has 1 aromatic carbocycles. The Hall–Kier alpha value is -1.46. The van der Waals surface area contributed by atoms with Crippen molar-refractivity contribution in [1.82, 2.24) is 4.90 Å². The number of amides is 1. The number of likely N-dealkylation sites (N-methyl/N-ethyl adjacent to an activating group) is 1. The normalized spacial score (nSPS) is 10.2. The summed E-state index contributed by atoms with van der Waals surface area (Å²) in [6.45, 7) is 2.31. The zero-order chi connectivity index (χ0) is 16.5. The van der Waals surface area contributed by atoms with Crippen LogP contribution in [-0.4, -0.2) is 43.6 Å². The van der Waals surface area contributed by atoms with Gasteiger partial charge in [0.25, 0.3) is 0 Å². The highest BCUT2D eigenvalue weighted by molar-refractivity contribution is 6.42. The van der Waals surface area contributed by atoms with Gasteiger partial charge in [-0.1, -0.05) is 29.3 Å². The first kappa shape index (κ1) is 18.6. The van der Waals surface area contributed by atoms with Crippen LogP contribution < -0.4 is 4.74 Å². The first-order valence-electron chi connectivity index (χ1n) is 6.92. The summed E-state index contributed by atoms with van der Waals surface area (Å²) in [6, 6.07) is 5.12. The highest BCUT2D eigenvalue weighted by atomic mass is 35.5. The zero-order valence-electron chi connectivity index (χ0n) is 12.6. The van der Waals surface area contributed by atoms with Gasteiger partial charge in [0, 0.05) is 13.5 Å². The van der Waals surface area contributed by atoms with Crippen LogP contribution >= 0.6 is 23.2 Å². The van der Waals surface area contributed by atoms with Gasteiger partial charge in [-0.25, -0.2) is 0 Å². The van der Waals surface area contributed by atoms with E-state index in [1.54, 1.807) is 32.2 Å². The number of halogens is 2. The molecule has 0 bridgehead atoms. The van der Waals surface area contributed by atoms with Crippen molar-refractivity contribution in [1.29, 1.82) is 0 Å². The molecule has 0 unspecified atom stereocenters. The van der Waals surface area contributed by atoms with Crippen molar-refractivity contribution in [2.75, 3.05) is 26.8 Å². The molecule has 0 aliphatic heterocycles. The van der Waals surface area contributed by atoms with E-state index < -0.39 is 5.97 Å². The van der Waals surface area contributed by atoms with E-state index in [9.17, 15) is 9.59 Å². The van der Waals surface area contributed by atoms with Gasteiger partial charge in [0.15, 0.2) is 0 Å². The molecule has 1 rings (SSSR count). The fourth-order valence-electron chi connectivity index (χ4n) is 1.68.